The van der Waals surface area contributed by atoms with E-state index in [4.69, 9.17) is 0 Å². The van der Waals surface area contributed by atoms with Crippen molar-refractivity contribution in [2.75, 3.05) is 6.54 Å². The highest BCUT2D eigenvalue weighted by atomic mass is 32.2. The van der Waals surface area contributed by atoms with Gasteiger partial charge in [0.15, 0.2) is 15.2 Å². The number of nitrogens with one attached hydrogen (secondary N) is 1. The van der Waals surface area contributed by atoms with Crippen LogP contribution in [0.15, 0.2) is 4.99 Å². The van der Waals surface area contributed by atoms with Gasteiger partial charge in [-0.15, -0.1) is 0 Å². The van der Waals surface area contributed by atoms with Gasteiger partial charge in [-0.2, -0.15) is 0 Å². The van der Waals surface area contributed by atoms with Gasteiger partial charge in [0.1, 0.15) is 0 Å². The van der Waals surface area contributed by atoms with E-state index in [1.807, 2.05) is 0 Å². The van der Waals surface area contributed by atoms with Crippen LogP contribution in [0.2, 0.25) is 0 Å². The molecule has 0 aromatic rings. The molecule has 0 bridgehead atoms. The summed E-state index contributed by atoms with van der Waals surface area (Å²) < 4.78 is 22.9. The van der Waals surface area contributed by atoms with Crippen LogP contribution < -0.4 is 4.72 Å². The molecule has 0 spiro atoms. The van der Waals surface area contributed by atoms with E-state index in [1.54, 1.807) is 6.92 Å². The molecule has 2 unspecified atom stereocenters. The summed E-state index contributed by atoms with van der Waals surface area (Å²) >= 11 is 1.53. The molecule has 2 N–H and O–H groups in total. The molecule has 0 amide bonds. The molecule has 0 saturated heterocycles. The first-order valence-electron chi connectivity index (χ1n) is 4.12. The number of amidine groups is 1. The van der Waals surface area contributed by atoms with Crippen molar-refractivity contribution in [1.29, 1.82) is 0 Å². The van der Waals surface area contributed by atoms with Crippen LogP contribution >= 0.6 is 11.8 Å². The number of hydrogen-bond acceptors (Lipinski definition) is 3. The highest BCUT2D eigenvalue weighted by molar-refractivity contribution is 8.15. The highest BCUT2D eigenvalue weighted by Gasteiger charge is 2.19. The van der Waals surface area contributed by atoms with Crippen molar-refractivity contribution in [1.82, 2.24) is 4.72 Å². The topological polar surface area (TPSA) is 61.7 Å². The van der Waals surface area contributed by atoms with E-state index in [9.17, 15) is 8.76 Å². The molecule has 0 fully saturated rings. The van der Waals surface area contributed by atoms with Crippen molar-refractivity contribution < 1.29 is 8.76 Å². The number of aliphatic imine (C=N–C) groups is 1. The maximum atomic E-state index is 11.2. The summed E-state index contributed by atoms with van der Waals surface area (Å²) in [7, 11) is -3.01. The lowest BCUT2D eigenvalue weighted by atomic mass is 10.3. The van der Waals surface area contributed by atoms with Gasteiger partial charge in [-0.05, 0) is 13.3 Å². The minimum atomic E-state index is -3.01. The standard InChI is InChI=1S/C7H14N2O2S2/c1-3-6-5-8-7(12-6)9-13(10,11)4-2/h4,6H,3,5H2,1-2H3,(H2,8,9,10,11). The van der Waals surface area contributed by atoms with E-state index in [0.717, 1.165) is 13.0 Å². The molecule has 76 valence electrons. The second-order valence-corrected chi connectivity index (χ2v) is 5.80. The molecule has 4 nitrogen and oxygen atoms in total. The third-order valence-corrected chi connectivity index (χ3v) is 4.25. The molecule has 1 rings (SSSR count). The molecule has 6 heteroatoms. The Morgan fingerprint density at radius 3 is 3.08 bits per heavy atom. The van der Waals surface area contributed by atoms with E-state index in [-0.39, 0.29) is 0 Å². The minimum absolute atomic E-state index is 0.453. The molecule has 0 aromatic heterocycles. The summed E-state index contributed by atoms with van der Waals surface area (Å²) in [4.78, 5) is 4.13. The number of rotatable bonds is 2. The fourth-order valence-electron chi connectivity index (χ4n) is 0.870. The summed E-state index contributed by atoms with van der Waals surface area (Å²) in [5.41, 5.74) is 0. The van der Waals surface area contributed by atoms with Gasteiger partial charge < -0.3 is 0 Å². The van der Waals surface area contributed by atoms with Crippen molar-refractivity contribution >= 4 is 32.3 Å². The first-order valence-corrected chi connectivity index (χ1v) is 6.58. The zero-order valence-corrected chi connectivity index (χ0v) is 9.32. The first kappa shape index (κ1) is 10.9. The Bertz CT molecular complexity index is 318. The quantitative estimate of drug-likeness (QED) is 0.684. The van der Waals surface area contributed by atoms with Gasteiger partial charge in [0.2, 0.25) is 0 Å². The van der Waals surface area contributed by atoms with E-state index in [0.29, 0.717) is 10.4 Å². The molecule has 1 aliphatic rings. The lowest BCUT2D eigenvalue weighted by molar-refractivity contribution is 0.556. The van der Waals surface area contributed by atoms with Crippen LogP contribution in [0.4, 0.5) is 0 Å². The predicted octanol–water partition coefficient (Wildman–Crippen LogP) is 0.952. The Labute approximate surface area is 83.2 Å². The van der Waals surface area contributed by atoms with Crippen LogP contribution in [0.3, 0.4) is 0 Å². The van der Waals surface area contributed by atoms with E-state index in [2.05, 4.69) is 16.6 Å². The van der Waals surface area contributed by atoms with Crippen molar-refractivity contribution in [2.45, 2.75) is 25.5 Å². The lowest BCUT2D eigenvalue weighted by Crippen LogP contribution is -2.28. The normalized spacial score (nSPS) is 26.4. The Kier molecular flexibility index (Phi) is 3.63. The molecular weight excluding hydrogens is 208 g/mol. The Morgan fingerprint density at radius 1 is 1.92 bits per heavy atom. The van der Waals surface area contributed by atoms with Gasteiger partial charge in [0.25, 0.3) is 0 Å². The summed E-state index contributed by atoms with van der Waals surface area (Å²) in [6.45, 7) is 4.37. The maximum absolute atomic E-state index is 11.2. The Balaban J connectivity index is 2.55. The minimum Gasteiger partial charge on any atom is -0.298 e. The van der Waals surface area contributed by atoms with Gasteiger partial charge in [0.05, 0.1) is 6.54 Å². The van der Waals surface area contributed by atoms with Gasteiger partial charge in [-0.1, -0.05) is 18.7 Å². The average molecular weight is 222 g/mol. The summed E-state index contributed by atoms with van der Waals surface area (Å²) in [5, 5.41) is 2.28. The second kappa shape index (κ2) is 4.34. The van der Waals surface area contributed by atoms with Crippen molar-refractivity contribution in [3.05, 3.63) is 0 Å². The van der Waals surface area contributed by atoms with Crippen molar-refractivity contribution in [2.24, 2.45) is 4.99 Å². The molecule has 13 heavy (non-hydrogen) atoms. The van der Waals surface area contributed by atoms with Crippen LogP contribution in [0.1, 0.15) is 20.3 Å². The first-order chi connectivity index (χ1) is 6.07. The van der Waals surface area contributed by atoms with Crippen molar-refractivity contribution in [3.8, 4) is 0 Å². The van der Waals surface area contributed by atoms with E-state index < -0.39 is 9.99 Å². The van der Waals surface area contributed by atoms with Crippen molar-refractivity contribution in [3.63, 3.8) is 0 Å². The maximum Gasteiger partial charge on any atom is 0.170 e. The third-order valence-electron chi connectivity index (χ3n) is 1.73. The molecule has 0 aliphatic carbocycles. The van der Waals surface area contributed by atoms with Gasteiger partial charge in [0, 0.05) is 10.6 Å². The van der Waals surface area contributed by atoms with Crippen LogP contribution in [-0.2, 0) is 9.99 Å². The summed E-state index contributed by atoms with van der Waals surface area (Å²) in [6, 6.07) is 0. The largest absolute Gasteiger partial charge is 0.298 e. The SMILES string of the molecule is CC=S(=O)(O)NC1=NCC(CC)S1. The molecular formula is C7H14N2O2S2. The fourth-order valence-corrected chi connectivity index (χ4v) is 2.63. The Hall–Kier alpha value is -0.200. The fraction of sp³-hybridized carbons (Fsp3) is 0.714. The van der Waals surface area contributed by atoms with Crippen LogP contribution in [-0.4, -0.2) is 31.1 Å². The van der Waals surface area contributed by atoms with E-state index >= 15 is 0 Å². The molecule has 0 aromatic carbocycles. The average Bonchev–Trinajstić information content (AvgIpc) is 2.52. The van der Waals surface area contributed by atoms with Gasteiger partial charge >= 0.3 is 0 Å². The zero-order valence-electron chi connectivity index (χ0n) is 7.69. The van der Waals surface area contributed by atoms with Crippen LogP contribution in [0.5, 0.6) is 0 Å². The molecule has 2 atom stereocenters. The smallest absolute Gasteiger partial charge is 0.170 e. The monoisotopic (exact) mass is 222 g/mol. The number of hydrogen-bond donors (Lipinski definition) is 2. The van der Waals surface area contributed by atoms with Crippen LogP contribution in [0, 0.1) is 0 Å². The second-order valence-electron chi connectivity index (χ2n) is 2.70. The number of nitrogens with zero attached hydrogens (tertiary/aromatic N) is 1. The Morgan fingerprint density at radius 2 is 2.62 bits per heavy atom. The summed E-state index contributed by atoms with van der Waals surface area (Å²) in [5.74, 6) is 0. The van der Waals surface area contributed by atoms with Gasteiger partial charge in [-0.25, -0.2) is 4.21 Å². The zero-order chi connectivity index (χ0) is 9.90. The predicted molar refractivity (Wildman–Crippen MR) is 59.6 cm³/mol. The van der Waals surface area contributed by atoms with Gasteiger partial charge in [-0.3, -0.25) is 14.3 Å². The van der Waals surface area contributed by atoms with Crippen LogP contribution in [0.25, 0.3) is 0 Å². The highest BCUT2D eigenvalue weighted by Crippen LogP contribution is 2.22. The molecule has 1 heterocycles. The number of thioether (sulfide) groups is 1. The summed E-state index contributed by atoms with van der Waals surface area (Å²) in [6.07, 6.45) is 1.03. The molecule has 0 radical (unpaired) electrons. The van der Waals surface area contributed by atoms with E-state index in [1.165, 1.54) is 17.1 Å². The molecule has 1 aliphatic heterocycles. The lowest BCUT2D eigenvalue weighted by Gasteiger charge is -2.07. The molecule has 0 saturated carbocycles. The third kappa shape index (κ3) is 3.21.